The third-order valence-electron chi connectivity index (χ3n) is 3.11. The Balaban J connectivity index is 2.12. The van der Waals surface area contributed by atoms with E-state index in [4.69, 9.17) is 0 Å². The molecule has 2 aromatic rings. The van der Waals surface area contributed by atoms with Crippen LogP contribution in [0.15, 0.2) is 6.33 Å². The maximum absolute atomic E-state index is 11.3. The fraction of sp³-hybridized carbons (Fsp3) is 0.417. The molecule has 0 spiro atoms. The zero-order valence-corrected chi connectivity index (χ0v) is 11.6. The average Bonchev–Trinajstić information content (AvgIpc) is 2.79. The number of carbonyl (C=O) groups is 1. The van der Waals surface area contributed by atoms with Crippen LogP contribution in [0.4, 0.5) is 5.82 Å². The molecule has 2 aromatic heterocycles. The normalized spacial score (nSPS) is 10.6. The van der Waals surface area contributed by atoms with E-state index in [2.05, 4.69) is 25.7 Å². The van der Waals surface area contributed by atoms with Gasteiger partial charge in [-0.3, -0.25) is 0 Å². The highest BCUT2D eigenvalue weighted by atomic mass is 16.4. The molecule has 2 rings (SSSR count). The van der Waals surface area contributed by atoms with Gasteiger partial charge in [0.2, 0.25) is 0 Å². The van der Waals surface area contributed by atoms with Gasteiger partial charge in [0, 0.05) is 20.0 Å². The van der Waals surface area contributed by atoms with Crippen molar-refractivity contribution < 1.29 is 9.90 Å². The largest absolute Gasteiger partial charge is 0.478 e. The second kappa shape index (κ2) is 5.64. The highest BCUT2D eigenvalue weighted by molar-refractivity contribution is 5.94. The maximum atomic E-state index is 11.3. The number of carboxylic acid groups (broad SMARTS) is 1. The molecule has 2 heterocycles. The van der Waals surface area contributed by atoms with Gasteiger partial charge in [0.1, 0.15) is 17.7 Å². The monoisotopic (exact) mass is 276 g/mol. The number of aromatic nitrogens is 5. The van der Waals surface area contributed by atoms with Gasteiger partial charge in [-0.05, 0) is 19.4 Å². The molecule has 0 aliphatic heterocycles. The number of aryl methyl sites for hydroxylation is 2. The Morgan fingerprint density at radius 2 is 2.10 bits per heavy atom. The molecule has 106 valence electrons. The fourth-order valence-corrected chi connectivity index (χ4v) is 1.82. The summed E-state index contributed by atoms with van der Waals surface area (Å²) in [6.07, 6.45) is 2.23. The van der Waals surface area contributed by atoms with Gasteiger partial charge in [0.25, 0.3) is 0 Å². The third-order valence-corrected chi connectivity index (χ3v) is 3.11. The standard InChI is InChI=1S/C12H16N6O2/c1-7-8(2)15-17-11(10(7)12(19)20)13-5-4-9-16-14-6-18(9)3/h6H,4-5H2,1-3H3,(H,13,17)(H,19,20). The van der Waals surface area contributed by atoms with Gasteiger partial charge in [-0.15, -0.1) is 15.3 Å². The lowest BCUT2D eigenvalue weighted by Gasteiger charge is -2.10. The van der Waals surface area contributed by atoms with Crippen LogP contribution in [0.25, 0.3) is 0 Å². The Morgan fingerprint density at radius 1 is 1.35 bits per heavy atom. The molecular weight excluding hydrogens is 260 g/mol. The smallest absolute Gasteiger partial charge is 0.339 e. The number of anilines is 1. The van der Waals surface area contributed by atoms with E-state index in [1.807, 2.05) is 11.6 Å². The number of nitrogens with one attached hydrogen (secondary N) is 1. The Bertz CT molecular complexity index is 637. The van der Waals surface area contributed by atoms with Crippen molar-refractivity contribution in [3.63, 3.8) is 0 Å². The van der Waals surface area contributed by atoms with Crippen LogP contribution in [-0.2, 0) is 13.5 Å². The first-order valence-corrected chi connectivity index (χ1v) is 6.14. The third kappa shape index (κ3) is 2.73. The van der Waals surface area contributed by atoms with E-state index in [9.17, 15) is 9.90 Å². The summed E-state index contributed by atoms with van der Waals surface area (Å²) in [4.78, 5) is 11.3. The summed E-state index contributed by atoms with van der Waals surface area (Å²) < 4.78 is 1.81. The van der Waals surface area contributed by atoms with Crippen LogP contribution in [0.3, 0.4) is 0 Å². The Labute approximate surface area is 115 Å². The molecule has 0 radical (unpaired) electrons. The molecule has 20 heavy (non-hydrogen) atoms. The van der Waals surface area contributed by atoms with Crippen molar-refractivity contribution in [2.24, 2.45) is 7.05 Å². The summed E-state index contributed by atoms with van der Waals surface area (Å²) in [7, 11) is 1.86. The zero-order valence-electron chi connectivity index (χ0n) is 11.6. The van der Waals surface area contributed by atoms with Crippen molar-refractivity contribution >= 4 is 11.8 Å². The molecule has 2 N–H and O–H groups in total. The molecule has 0 aliphatic carbocycles. The van der Waals surface area contributed by atoms with E-state index in [1.54, 1.807) is 20.2 Å². The van der Waals surface area contributed by atoms with E-state index in [-0.39, 0.29) is 11.4 Å². The topological polar surface area (TPSA) is 106 Å². The summed E-state index contributed by atoms with van der Waals surface area (Å²) in [5.74, 6) is 0.0793. The number of nitrogens with zero attached hydrogens (tertiary/aromatic N) is 5. The molecule has 8 heteroatoms. The molecule has 0 fully saturated rings. The van der Waals surface area contributed by atoms with Crippen molar-refractivity contribution in [3.8, 4) is 0 Å². The molecule has 0 saturated carbocycles. The molecular formula is C12H16N6O2. The Hall–Kier alpha value is -2.51. The first-order chi connectivity index (χ1) is 9.50. The van der Waals surface area contributed by atoms with E-state index >= 15 is 0 Å². The van der Waals surface area contributed by atoms with Crippen molar-refractivity contribution in [2.45, 2.75) is 20.3 Å². The van der Waals surface area contributed by atoms with E-state index < -0.39 is 5.97 Å². The minimum Gasteiger partial charge on any atom is -0.478 e. The second-order valence-electron chi connectivity index (χ2n) is 4.47. The lowest BCUT2D eigenvalue weighted by atomic mass is 10.1. The van der Waals surface area contributed by atoms with E-state index in [0.717, 1.165) is 5.82 Å². The average molecular weight is 276 g/mol. The maximum Gasteiger partial charge on any atom is 0.339 e. The molecule has 0 amide bonds. The van der Waals surface area contributed by atoms with Gasteiger partial charge >= 0.3 is 5.97 Å². The Kier molecular flexibility index (Phi) is 3.92. The van der Waals surface area contributed by atoms with Gasteiger partial charge in [-0.2, -0.15) is 5.10 Å². The minimum absolute atomic E-state index is 0.162. The minimum atomic E-state index is -1.01. The number of aromatic carboxylic acids is 1. The van der Waals surface area contributed by atoms with Gasteiger partial charge < -0.3 is 15.0 Å². The van der Waals surface area contributed by atoms with Gasteiger partial charge in [-0.25, -0.2) is 4.79 Å². The van der Waals surface area contributed by atoms with Crippen LogP contribution in [-0.4, -0.2) is 42.6 Å². The van der Waals surface area contributed by atoms with Crippen molar-refractivity contribution in [1.82, 2.24) is 25.0 Å². The van der Waals surface area contributed by atoms with Crippen molar-refractivity contribution in [1.29, 1.82) is 0 Å². The number of hydrogen-bond donors (Lipinski definition) is 2. The number of hydrogen-bond acceptors (Lipinski definition) is 6. The number of carboxylic acids is 1. The zero-order chi connectivity index (χ0) is 14.7. The van der Waals surface area contributed by atoms with Gasteiger partial charge in [-0.1, -0.05) is 0 Å². The summed E-state index contributed by atoms with van der Waals surface area (Å²) >= 11 is 0. The van der Waals surface area contributed by atoms with Crippen molar-refractivity contribution in [3.05, 3.63) is 29.0 Å². The molecule has 0 bridgehead atoms. The summed E-state index contributed by atoms with van der Waals surface area (Å²) in [5.41, 5.74) is 1.39. The van der Waals surface area contributed by atoms with Crippen LogP contribution in [0, 0.1) is 13.8 Å². The molecule has 0 aliphatic rings. The SMILES string of the molecule is Cc1nnc(NCCc2nncn2C)c(C(=O)O)c1C. The van der Waals surface area contributed by atoms with E-state index in [0.29, 0.717) is 24.2 Å². The highest BCUT2D eigenvalue weighted by Gasteiger charge is 2.17. The summed E-state index contributed by atoms with van der Waals surface area (Å²) in [6, 6.07) is 0. The van der Waals surface area contributed by atoms with Crippen molar-refractivity contribution in [2.75, 3.05) is 11.9 Å². The Morgan fingerprint density at radius 3 is 2.70 bits per heavy atom. The van der Waals surface area contributed by atoms with E-state index in [1.165, 1.54) is 0 Å². The predicted molar refractivity (Wildman–Crippen MR) is 71.7 cm³/mol. The summed E-state index contributed by atoms with van der Waals surface area (Å²) in [6.45, 7) is 3.96. The van der Waals surface area contributed by atoms with Crippen LogP contribution in [0.1, 0.15) is 27.4 Å². The van der Waals surface area contributed by atoms with Crippen LogP contribution >= 0.6 is 0 Å². The number of rotatable bonds is 5. The van der Waals surface area contributed by atoms with Gasteiger partial charge in [0.05, 0.1) is 5.69 Å². The molecule has 0 aromatic carbocycles. The first kappa shape index (κ1) is 13.9. The lowest BCUT2D eigenvalue weighted by molar-refractivity contribution is 0.0696. The molecule has 0 atom stereocenters. The lowest BCUT2D eigenvalue weighted by Crippen LogP contribution is -2.15. The van der Waals surface area contributed by atoms with Crippen LogP contribution in [0.2, 0.25) is 0 Å². The van der Waals surface area contributed by atoms with Crippen LogP contribution < -0.4 is 5.32 Å². The molecule has 0 saturated heterocycles. The summed E-state index contributed by atoms with van der Waals surface area (Å²) in [5, 5.41) is 27.9. The molecule has 0 unspecified atom stereocenters. The molecule has 8 nitrogen and oxygen atoms in total. The predicted octanol–water partition coefficient (Wildman–Crippen LogP) is 0.575. The first-order valence-electron chi connectivity index (χ1n) is 6.14. The van der Waals surface area contributed by atoms with Crippen LogP contribution in [0.5, 0.6) is 0 Å². The highest BCUT2D eigenvalue weighted by Crippen LogP contribution is 2.18. The fourth-order valence-electron chi connectivity index (χ4n) is 1.82. The quantitative estimate of drug-likeness (QED) is 0.822. The van der Waals surface area contributed by atoms with Gasteiger partial charge in [0.15, 0.2) is 5.82 Å². The second-order valence-corrected chi connectivity index (χ2v) is 4.47.